The zero-order valence-electron chi connectivity index (χ0n) is 11.3. The van der Waals surface area contributed by atoms with Crippen molar-refractivity contribution in [3.05, 3.63) is 16.1 Å². The lowest BCUT2D eigenvalue weighted by Crippen LogP contribution is -2.37. The van der Waals surface area contributed by atoms with E-state index in [4.69, 9.17) is 0 Å². The van der Waals surface area contributed by atoms with Crippen LogP contribution >= 0.6 is 35.3 Å². The Bertz CT molecular complexity index is 352. The maximum atomic E-state index is 4.51. The number of aliphatic imine (C=N–C) groups is 1. The van der Waals surface area contributed by atoms with Crippen molar-refractivity contribution in [2.24, 2.45) is 4.99 Å². The lowest BCUT2D eigenvalue weighted by Gasteiger charge is -2.09. The van der Waals surface area contributed by atoms with Crippen LogP contribution in [0.15, 0.2) is 10.4 Å². The fourth-order valence-corrected chi connectivity index (χ4v) is 2.07. The fourth-order valence-electron chi connectivity index (χ4n) is 1.33. The Morgan fingerprint density at radius 1 is 1.33 bits per heavy atom. The first-order chi connectivity index (χ1) is 8.30. The van der Waals surface area contributed by atoms with E-state index in [0.717, 1.165) is 37.6 Å². The van der Waals surface area contributed by atoms with Crippen LogP contribution in [0, 0.1) is 0 Å². The van der Waals surface area contributed by atoms with Gasteiger partial charge in [-0.25, -0.2) is 9.98 Å². The van der Waals surface area contributed by atoms with E-state index in [-0.39, 0.29) is 24.0 Å². The first-order valence-corrected chi connectivity index (χ1v) is 7.13. The molecule has 0 saturated heterocycles. The molecule has 2 N–H and O–H groups in total. The molecule has 0 bridgehead atoms. The van der Waals surface area contributed by atoms with Gasteiger partial charge in [-0.3, -0.25) is 0 Å². The first kappa shape index (κ1) is 17.6. The zero-order chi connectivity index (χ0) is 12.5. The smallest absolute Gasteiger partial charge is 0.191 e. The number of aryl methyl sites for hydroxylation is 1. The number of thiazole rings is 1. The van der Waals surface area contributed by atoms with Crippen molar-refractivity contribution >= 4 is 41.3 Å². The standard InChI is InChI=1S/C12H22N4S.HI/c1-4-7-14-12(13-6-3)15-8-10-9-17-11(5-2)16-10;/h9H,4-8H2,1-3H3,(H2,13,14,15);1H. The summed E-state index contributed by atoms with van der Waals surface area (Å²) in [7, 11) is 0. The molecule has 1 aromatic rings. The van der Waals surface area contributed by atoms with Gasteiger partial charge in [0.05, 0.1) is 17.2 Å². The monoisotopic (exact) mass is 382 g/mol. The Morgan fingerprint density at radius 3 is 2.67 bits per heavy atom. The average molecular weight is 382 g/mol. The lowest BCUT2D eigenvalue weighted by molar-refractivity contribution is 0.783. The molecular weight excluding hydrogens is 359 g/mol. The molecule has 0 aliphatic carbocycles. The number of rotatable bonds is 6. The maximum Gasteiger partial charge on any atom is 0.191 e. The molecule has 0 saturated carbocycles. The summed E-state index contributed by atoms with van der Waals surface area (Å²) in [5.74, 6) is 0.875. The number of hydrogen-bond acceptors (Lipinski definition) is 3. The van der Waals surface area contributed by atoms with Gasteiger partial charge in [0.15, 0.2) is 5.96 Å². The van der Waals surface area contributed by atoms with Crippen molar-refractivity contribution in [3.63, 3.8) is 0 Å². The van der Waals surface area contributed by atoms with Crippen LogP contribution in [-0.4, -0.2) is 24.0 Å². The molecule has 6 heteroatoms. The van der Waals surface area contributed by atoms with E-state index < -0.39 is 0 Å². The van der Waals surface area contributed by atoms with Crippen molar-refractivity contribution < 1.29 is 0 Å². The summed E-state index contributed by atoms with van der Waals surface area (Å²) in [6.07, 6.45) is 2.10. The minimum Gasteiger partial charge on any atom is -0.357 e. The van der Waals surface area contributed by atoms with Crippen LogP contribution in [-0.2, 0) is 13.0 Å². The van der Waals surface area contributed by atoms with Gasteiger partial charge in [-0.2, -0.15) is 0 Å². The third-order valence-corrected chi connectivity index (χ3v) is 3.23. The zero-order valence-corrected chi connectivity index (χ0v) is 14.5. The fraction of sp³-hybridized carbons (Fsp3) is 0.667. The number of nitrogens with zero attached hydrogens (tertiary/aromatic N) is 2. The van der Waals surface area contributed by atoms with Crippen molar-refractivity contribution in [2.75, 3.05) is 13.1 Å². The Hall–Kier alpha value is -0.370. The molecule has 0 aliphatic heterocycles. The minimum atomic E-state index is 0. The second-order valence-corrected chi connectivity index (χ2v) is 4.65. The topological polar surface area (TPSA) is 49.3 Å². The second-order valence-electron chi connectivity index (χ2n) is 3.71. The number of hydrogen-bond donors (Lipinski definition) is 2. The van der Waals surface area contributed by atoms with Crippen molar-refractivity contribution in [1.82, 2.24) is 15.6 Å². The number of halogens is 1. The Balaban J connectivity index is 0.00000289. The average Bonchev–Trinajstić information content (AvgIpc) is 2.80. The van der Waals surface area contributed by atoms with Crippen LogP contribution in [0.1, 0.15) is 37.9 Å². The molecule has 0 spiro atoms. The minimum absolute atomic E-state index is 0. The summed E-state index contributed by atoms with van der Waals surface area (Å²) in [4.78, 5) is 9.00. The predicted molar refractivity (Wildman–Crippen MR) is 90.0 cm³/mol. The predicted octanol–water partition coefficient (Wildman–Crippen LogP) is 2.79. The molecule has 104 valence electrons. The third kappa shape index (κ3) is 6.53. The van der Waals surface area contributed by atoms with Crippen LogP contribution in [0.3, 0.4) is 0 Å². The van der Waals surface area contributed by atoms with Gasteiger partial charge < -0.3 is 10.6 Å². The highest BCUT2D eigenvalue weighted by atomic mass is 127. The summed E-state index contributed by atoms with van der Waals surface area (Å²) in [5.41, 5.74) is 1.06. The van der Waals surface area contributed by atoms with Gasteiger partial charge in [0.1, 0.15) is 0 Å². The molecule has 1 rings (SSSR count). The van der Waals surface area contributed by atoms with E-state index in [0.29, 0.717) is 6.54 Å². The molecule has 4 nitrogen and oxygen atoms in total. The highest BCUT2D eigenvalue weighted by Gasteiger charge is 2.00. The molecular formula is C12H23IN4S. The largest absolute Gasteiger partial charge is 0.357 e. The molecule has 0 fully saturated rings. The molecule has 0 atom stereocenters. The van der Waals surface area contributed by atoms with Crippen LogP contribution in [0.5, 0.6) is 0 Å². The molecule has 0 unspecified atom stereocenters. The van der Waals surface area contributed by atoms with E-state index in [1.165, 1.54) is 5.01 Å². The van der Waals surface area contributed by atoms with Gasteiger partial charge in [0.25, 0.3) is 0 Å². The van der Waals surface area contributed by atoms with E-state index in [9.17, 15) is 0 Å². The molecule has 0 aliphatic rings. The molecule has 18 heavy (non-hydrogen) atoms. The summed E-state index contributed by atoms with van der Waals surface area (Å²) < 4.78 is 0. The number of guanidine groups is 1. The Kier molecular flexibility index (Phi) is 10.3. The van der Waals surface area contributed by atoms with E-state index >= 15 is 0 Å². The highest BCUT2D eigenvalue weighted by Crippen LogP contribution is 2.10. The maximum absolute atomic E-state index is 4.51. The summed E-state index contributed by atoms with van der Waals surface area (Å²) >= 11 is 1.71. The van der Waals surface area contributed by atoms with Crippen molar-refractivity contribution in [3.8, 4) is 0 Å². The first-order valence-electron chi connectivity index (χ1n) is 6.25. The third-order valence-electron chi connectivity index (χ3n) is 2.19. The van der Waals surface area contributed by atoms with Gasteiger partial charge in [-0.15, -0.1) is 35.3 Å². The molecule has 1 aromatic heterocycles. The van der Waals surface area contributed by atoms with Crippen LogP contribution in [0.4, 0.5) is 0 Å². The molecule has 0 amide bonds. The molecule has 1 heterocycles. The Morgan fingerprint density at radius 2 is 2.11 bits per heavy atom. The van der Waals surface area contributed by atoms with E-state index in [1.54, 1.807) is 11.3 Å². The lowest BCUT2D eigenvalue weighted by atomic mass is 10.4. The SMILES string of the molecule is CCCNC(=NCc1csc(CC)n1)NCC.I. The van der Waals surface area contributed by atoms with Gasteiger partial charge in [0.2, 0.25) is 0 Å². The number of aromatic nitrogens is 1. The molecule has 0 aromatic carbocycles. The quantitative estimate of drug-likeness (QED) is 0.452. The Labute approximate surface area is 131 Å². The summed E-state index contributed by atoms with van der Waals surface area (Å²) in [6, 6.07) is 0. The van der Waals surface area contributed by atoms with E-state index in [1.807, 2.05) is 0 Å². The van der Waals surface area contributed by atoms with Gasteiger partial charge in [0, 0.05) is 18.5 Å². The van der Waals surface area contributed by atoms with Crippen LogP contribution < -0.4 is 10.6 Å². The van der Waals surface area contributed by atoms with Gasteiger partial charge in [-0.05, 0) is 19.8 Å². The van der Waals surface area contributed by atoms with Crippen molar-refractivity contribution in [2.45, 2.75) is 40.2 Å². The summed E-state index contributed by atoms with van der Waals surface area (Å²) in [6.45, 7) is 8.82. The van der Waals surface area contributed by atoms with Gasteiger partial charge in [-0.1, -0.05) is 13.8 Å². The highest BCUT2D eigenvalue weighted by molar-refractivity contribution is 14.0. The number of nitrogens with one attached hydrogen (secondary N) is 2. The van der Waals surface area contributed by atoms with Gasteiger partial charge >= 0.3 is 0 Å². The summed E-state index contributed by atoms with van der Waals surface area (Å²) in [5, 5.41) is 9.77. The second kappa shape index (κ2) is 10.5. The molecule has 0 radical (unpaired) electrons. The van der Waals surface area contributed by atoms with Crippen LogP contribution in [0.25, 0.3) is 0 Å². The van der Waals surface area contributed by atoms with Crippen molar-refractivity contribution in [1.29, 1.82) is 0 Å². The van der Waals surface area contributed by atoms with Crippen LogP contribution in [0.2, 0.25) is 0 Å². The van der Waals surface area contributed by atoms with E-state index in [2.05, 4.69) is 46.8 Å². The normalized spacial score (nSPS) is 10.9.